The molecule has 0 saturated carbocycles. The minimum Gasteiger partial charge on any atom is -0.369 e. The number of carbonyl (C=O) groups excluding carboxylic acids is 1. The summed E-state index contributed by atoms with van der Waals surface area (Å²) in [7, 11) is 1.54. The predicted molar refractivity (Wildman–Crippen MR) is 71.6 cm³/mol. The third-order valence-corrected chi connectivity index (χ3v) is 3.23. The number of hydrogen-bond acceptors (Lipinski definition) is 3. The monoisotopic (exact) mass is 253 g/mol. The molecule has 1 aromatic rings. The SMILES string of the molecule is CCC(C)(OC)C(=O)Nc1cc(C(C)(C)C)[nH]n1. The molecule has 1 rings (SSSR count). The van der Waals surface area contributed by atoms with E-state index in [1.807, 2.05) is 13.0 Å². The van der Waals surface area contributed by atoms with Gasteiger partial charge in [-0.25, -0.2) is 0 Å². The van der Waals surface area contributed by atoms with Crippen LogP contribution in [-0.2, 0) is 14.9 Å². The molecular formula is C13H23N3O2. The summed E-state index contributed by atoms with van der Waals surface area (Å²) in [5.74, 6) is 0.348. The molecule has 1 amide bonds. The van der Waals surface area contributed by atoms with Crippen LogP contribution in [0.1, 0.15) is 46.7 Å². The Balaban J connectivity index is 2.80. The van der Waals surface area contributed by atoms with Crippen molar-refractivity contribution in [3.05, 3.63) is 11.8 Å². The zero-order chi connectivity index (χ0) is 14.0. The summed E-state index contributed by atoms with van der Waals surface area (Å²) in [6, 6.07) is 1.85. The molecule has 0 fully saturated rings. The van der Waals surface area contributed by atoms with E-state index in [0.717, 1.165) is 5.69 Å². The third-order valence-electron chi connectivity index (χ3n) is 3.23. The van der Waals surface area contributed by atoms with Gasteiger partial charge in [-0.05, 0) is 13.3 Å². The molecule has 1 heterocycles. The Morgan fingerprint density at radius 2 is 2.06 bits per heavy atom. The Labute approximate surface area is 108 Å². The lowest BCUT2D eigenvalue weighted by Crippen LogP contribution is -2.41. The van der Waals surface area contributed by atoms with Crippen LogP contribution in [0.2, 0.25) is 0 Å². The maximum absolute atomic E-state index is 12.1. The highest BCUT2D eigenvalue weighted by molar-refractivity contribution is 5.96. The van der Waals surface area contributed by atoms with Crippen molar-refractivity contribution >= 4 is 11.7 Å². The molecular weight excluding hydrogens is 230 g/mol. The average Bonchev–Trinajstić information content (AvgIpc) is 2.76. The number of rotatable bonds is 4. The van der Waals surface area contributed by atoms with Crippen LogP contribution in [0.5, 0.6) is 0 Å². The molecule has 0 aliphatic rings. The molecule has 0 aromatic carbocycles. The number of H-pyrrole nitrogens is 1. The number of nitrogens with one attached hydrogen (secondary N) is 2. The lowest BCUT2D eigenvalue weighted by atomic mass is 9.92. The fourth-order valence-electron chi connectivity index (χ4n) is 1.42. The normalized spacial score (nSPS) is 15.2. The van der Waals surface area contributed by atoms with Crippen LogP contribution in [0.25, 0.3) is 0 Å². The van der Waals surface area contributed by atoms with Crippen molar-refractivity contribution < 1.29 is 9.53 Å². The van der Waals surface area contributed by atoms with Crippen LogP contribution in [0.3, 0.4) is 0 Å². The van der Waals surface area contributed by atoms with Crippen LogP contribution in [0.4, 0.5) is 5.82 Å². The number of anilines is 1. The fraction of sp³-hybridized carbons (Fsp3) is 0.692. The largest absolute Gasteiger partial charge is 0.369 e. The molecule has 0 spiro atoms. The summed E-state index contributed by atoms with van der Waals surface area (Å²) in [6.45, 7) is 9.92. The summed E-state index contributed by atoms with van der Waals surface area (Å²) >= 11 is 0. The van der Waals surface area contributed by atoms with Crippen molar-refractivity contribution in [3.8, 4) is 0 Å². The summed E-state index contributed by atoms with van der Waals surface area (Å²) in [6.07, 6.45) is 0.603. The minimum absolute atomic E-state index is 0.0225. The quantitative estimate of drug-likeness (QED) is 0.866. The van der Waals surface area contributed by atoms with Crippen molar-refractivity contribution in [2.45, 2.75) is 52.1 Å². The smallest absolute Gasteiger partial charge is 0.257 e. The Morgan fingerprint density at radius 3 is 2.44 bits per heavy atom. The number of amides is 1. The van der Waals surface area contributed by atoms with Gasteiger partial charge in [0.2, 0.25) is 0 Å². The van der Waals surface area contributed by atoms with Crippen LogP contribution < -0.4 is 5.32 Å². The molecule has 1 aromatic heterocycles. The first-order chi connectivity index (χ1) is 8.23. The number of ether oxygens (including phenoxy) is 1. The summed E-state index contributed by atoms with van der Waals surface area (Å²) < 4.78 is 5.25. The molecule has 0 aliphatic heterocycles. The van der Waals surface area contributed by atoms with Gasteiger partial charge in [-0.2, -0.15) is 5.10 Å². The van der Waals surface area contributed by atoms with E-state index in [9.17, 15) is 4.79 Å². The van der Waals surface area contributed by atoms with E-state index in [1.54, 1.807) is 6.92 Å². The van der Waals surface area contributed by atoms with Gasteiger partial charge in [0.1, 0.15) is 5.60 Å². The van der Waals surface area contributed by atoms with Crippen LogP contribution >= 0.6 is 0 Å². The highest BCUT2D eigenvalue weighted by Gasteiger charge is 2.31. The van der Waals surface area contributed by atoms with E-state index in [2.05, 4.69) is 36.3 Å². The number of hydrogen-bond donors (Lipinski definition) is 2. The van der Waals surface area contributed by atoms with Crippen molar-refractivity contribution in [1.29, 1.82) is 0 Å². The van der Waals surface area contributed by atoms with Crippen molar-refractivity contribution in [1.82, 2.24) is 10.2 Å². The Morgan fingerprint density at radius 1 is 1.44 bits per heavy atom. The van der Waals surface area contributed by atoms with Gasteiger partial charge in [-0.3, -0.25) is 9.89 Å². The highest BCUT2D eigenvalue weighted by atomic mass is 16.5. The van der Waals surface area contributed by atoms with Gasteiger partial charge in [0.15, 0.2) is 5.82 Å². The first-order valence-electron chi connectivity index (χ1n) is 6.15. The lowest BCUT2D eigenvalue weighted by Gasteiger charge is -2.24. The maximum Gasteiger partial charge on any atom is 0.257 e. The van der Waals surface area contributed by atoms with Crippen LogP contribution in [-0.4, -0.2) is 28.8 Å². The van der Waals surface area contributed by atoms with Crippen molar-refractivity contribution in [2.24, 2.45) is 0 Å². The Bertz CT molecular complexity index is 414. The van der Waals surface area contributed by atoms with Crippen LogP contribution in [0.15, 0.2) is 6.07 Å². The minimum atomic E-state index is -0.819. The van der Waals surface area contributed by atoms with E-state index >= 15 is 0 Å². The Kier molecular flexibility index (Phi) is 4.16. The zero-order valence-electron chi connectivity index (χ0n) is 12.0. The molecule has 0 bridgehead atoms. The summed E-state index contributed by atoms with van der Waals surface area (Å²) in [5, 5.41) is 9.80. The fourth-order valence-corrected chi connectivity index (χ4v) is 1.42. The molecule has 0 radical (unpaired) electrons. The first kappa shape index (κ1) is 14.7. The van der Waals surface area contributed by atoms with Gasteiger partial charge in [0.25, 0.3) is 5.91 Å². The molecule has 102 valence electrons. The first-order valence-corrected chi connectivity index (χ1v) is 6.15. The molecule has 5 heteroatoms. The average molecular weight is 253 g/mol. The number of carbonyl (C=O) groups is 1. The zero-order valence-corrected chi connectivity index (χ0v) is 12.0. The molecule has 1 atom stereocenters. The van der Waals surface area contributed by atoms with E-state index in [-0.39, 0.29) is 11.3 Å². The molecule has 0 aliphatic carbocycles. The van der Waals surface area contributed by atoms with E-state index in [0.29, 0.717) is 12.2 Å². The van der Waals surface area contributed by atoms with Gasteiger partial charge in [0, 0.05) is 24.3 Å². The number of nitrogens with zero attached hydrogens (tertiary/aromatic N) is 1. The van der Waals surface area contributed by atoms with E-state index in [1.165, 1.54) is 7.11 Å². The lowest BCUT2D eigenvalue weighted by molar-refractivity contribution is -0.136. The molecule has 1 unspecified atom stereocenters. The number of aromatic nitrogens is 2. The van der Waals surface area contributed by atoms with Gasteiger partial charge < -0.3 is 10.1 Å². The van der Waals surface area contributed by atoms with Crippen molar-refractivity contribution in [2.75, 3.05) is 12.4 Å². The van der Waals surface area contributed by atoms with Gasteiger partial charge >= 0.3 is 0 Å². The van der Waals surface area contributed by atoms with E-state index in [4.69, 9.17) is 4.74 Å². The topological polar surface area (TPSA) is 67.0 Å². The highest BCUT2D eigenvalue weighted by Crippen LogP contribution is 2.23. The molecule has 18 heavy (non-hydrogen) atoms. The second-order valence-corrected chi connectivity index (χ2v) is 5.66. The van der Waals surface area contributed by atoms with E-state index < -0.39 is 5.60 Å². The van der Waals surface area contributed by atoms with Crippen LogP contribution in [0, 0.1) is 0 Å². The second kappa shape index (κ2) is 5.10. The van der Waals surface area contributed by atoms with Gasteiger partial charge in [-0.15, -0.1) is 0 Å². The third kappa shape index (κ3) is 3.10. The maximum atomic E-state index is 12.1. The Hall–Kier alpha value is -1.36. The standard InChI is InChI=1S/C13H23N3O2/c1-7-13(5,18-6)11(17)14-10-8-9(15-16-10)12(2,3)4/h8H,7H2,1-6H3,(H2,14,15,16,17). The molecule has 2 N–H and O–H groups in total. The van der Waals surface area contributed by atoms with Gasteiger partial charge in [-0.1, -0.05) is 27.7 Å². The van der Waals surface area contributed by atoms with Crippen molar-refractivity contribution in [3.63, 3.8) is 0 Å². The summed E-state index contributed by atoms with van der Waals surface area (Å²) in [4.78, 5) is 12.1. The van der Waals surface area contributed by atoms with Gasteiger partial charge in [0.05, 0.1) is 0 Å². The number of aromatic amines is 1. The molecule has 5 nitrogen and oxygen atoms in total. The second-order valence-electron chi connectivity index (χ2n) is 5.66. The molecule has 0 saturated heterocycles. The number of methoxy groups -OCH3 is 1. The summed E-state index contributed by atoms with van der Waals surface area (Å²) in [5.41, 5.74) is 0.139. The predicted octanol–water partition coefficient (Wildman–Crippen LogP) is 2.46.